The van der Waals surface area contributed by atoms with Gasteiger partial charge in [0.05, 0.1) is 0 Å². The minimum absolute atomic E-state index is 0.597. The summed E-state index contributed by atoms with van der Waals surface area (Å²) in [6.07, 6.45) is 11.3. The molecule has 0 saturated heterocycles. The summed E-state index contributed by atoms with van der Waals surface area (Å²) in [5.74, 6) is 1.26. The van der Waals surface area contributed by atoms with E-state index in [1.807, 2.05) is 0 Å². The number of fused-ring (bicyclic) bond motifs is 4. The SMILES string of the molecule is C1=CC2Cc3cc(Cc4ccc5ccccc5c4)ccc3C2C=C1. The summed E-state index contributed by atoms with van der Waals surface area (Å²) >= 11 is 0. The third-order valence-corrected chi connectivity index (χ3v) is 5.49. The van der Waals surface area contributed by atoms with Crippen LogP contribution in [0.25, 0.3) is 10.8 Å². The fourth-order valence-electron chi connectivity index (χ4n) is 4.29. The summed E-state index contributed by atoms with van der Waals surface area (Å²) in [5.41, 5.74) is 5.89. The van der Waals surface area contributed by atoms with Crippen LogP contribution in [-0.2, 0) is 12.8 Å². The Balaban J connectivity index is 1.46. The van der Waals surface area contributed by atoms with E-state index in [0.717, 1.165) is 6.42 Å². The Morgan fingerprint density at radius 2 is 1.54 bits per heavy atom. The smallest absolute Gasteiger partial charge is 0.00899 e. The van der Waals surface area contributed by atoms with E-state index in [0.29, 0.717) is 11.8 Å². The molecule has 24 heavy (non-hydrogen) atoms. The molecule has 0 saturated carbocycles. The van der Waals surface area contributed by atoms with Gasteiger partial charge in [-0.3, -0.25) is 0 Å². The van der Waals surface area contributed by atoms with Gasteiger partial charge < -0.3 is 0 Å². The van der Waals surface area contributed by atoms with Crippen LogP contribution < -0.4 is 0 Å². The third-order valence-electron chi connectivity index (χ3n) is 5.49. The molecule has 116 valence electrons. The molecule has 2 aliphatic rings. The highest BCUT2D eigenvalue weighted by atomic mass is 14.3. The first-order chi connectivity index (χ1) is 11.9. The molecule has 3 aromatic rings. The fraction of sp³-hybridized carbons (Fsp3) is 0.167. The summed E-state index contributed by atoms with van der Waals surface area (Å²) in [6, 6.07) is 22.5. The molecular formula is C24H20. The van der Waals surface area contributed by atoms with Crippen molar-refractivity contribution in [3.8, 4) is 0 Å². The van der Waals surface area contributed by atoms with Crippen molar-refractivity contribution in [2.45, 2.75) is 18.8 Å². The molecule has 0 aliphatic heterocycles. The van der Waals surface area contributed by atoms with Gasteiger partial charge in [0, 0.05) is 5.92 Å². The van der Waals surface area contributed by atoms with E-state index in [9.17, 15) is 0 Å². The molecule has 2 atom stereocenters. The standard InChI is InChI=1S/C24H20/c1-2-6-20-14-17(9-11-19(20)5-1)13-18-10-12-24-22(15-18)16-21-7-3-4-8-23(21)24/h1-12,14-15,21,23H,13,16H2. The van der Waals surface area contributed by atoms with E-state index in [2.05, 4.69) is 85.0 Å². The van der Waals surface area contributed by atoms with Gasteiger partial charge in [-0.25, -0.2) is 0 Å². The Kier molecular flexibility index (Phi) is 3.16. The van der Waals surface area contributed by atoms with Crippen LogP contribution in [0.15, 0.2) is 85.0 Å². The van der Waals surface area contributed by atoms with E-state index in [1.165, 1.54) is 33.9 Å². The Hall–Kier alpha value is -2.60. The van der Waals surface area contributed by atoms with Crippen molar-refractivity contribution in [2.75, 3.05) is 0 Å². The number of allylic oxidation sites excluding steroid dienone is 4. The first-order valence-corrected chi connectivity index (χ1v) is 8.81. The second-order valence-electron chi connectivity index (χ2n) is 7.06. The molecule has 0 aromatic heterocycles. The van der Waals surface area contributed by atoms with Crippen LogP contribution in [0.1, 0.15) is 28.2 Å². The summed E-state index contributed by atoms with van der Waals surface area (Å²) in [7, 11) is 0. The van der Waals surface area contributed by atoms with Crippen LogP contribution in [-0.4, -0.2) is 0 Å². The highest BCUT2D eigenvalue weighted by molar-refractivity contribution is 5.83. The third kappa shape index (κ3) is 2.30. The second-order valence-corrected chi connectivity index (χ2v) is 7.06. The molecule has 2 unspecified atom stereocenters. The lowest BCUT2D eigenvalue weighted by molar-refractivity contribution is 0.630. The normalized spacial score (nSPS) is 21.0. The van der Waals surface area contributed by atoms with Crippen LogP contribution in [0.5, 0.6) is 0 Å². The minimum Gasteiger partial charge on any atom is -0.0802 e. The Morgan fingerprint density at radius 1 is 0.750 bits per heavy atom. The molecule has 0 heterocycles. The van der Waals surface area contributed by atoms with Crippen LogP contribution in [0.2, 0.25) is 0 Å². The second kappa shape index (κ2) is 5.49. The highest BCUT2D eigenvalue weighted by Gasteiger charge is 2.29. The lowest BCUT2D eigenvalue weighted by Gasteiger charge is -2.15. The Morgan fingerprint density at radius 3 is 2.50 bits per heavy atom. The molecule has 3 aromatic carbocycles. The summed E-state index contributed by atoms with van der Waals surface area (Å²) < 4.78 is 0. The van der Waals surface area contributed by atoms with Gasteiger partial charge in [0.1, 0.15) is 0 Å². The van der Waals surface area contributed by atoms with Gasteiger partial charge in [0.25, 0.3) is 0 Å². The van der Waals surface area contributed by atoms with Gasteiger partial charge in [-0.15, -0.1) is 0 Å². The van der Waals surface area contributed by atoms with Crippen molar-refractivity contribution < 1.29 is 0 Å². The molecule has 0 bridgehead atoms. The lowest BCUT2D eigenvalue weighted by Crippen LogP contribution is -2.04. The van der Waals surface area contributed by atoms with Crippen LogP contribution in [0.3, 0.4) is 0 Å². The molecule has 5 rings (SSSR count). The van der Waals surface area contributed by atoms with Gasteiger partial charge >= 0.3 is 0 Å². The molecule has 2 aliphatic carbocycles. The molecule has 0 radical (unpaired) electrons. The van der Waals surface area contributed by atoms with E-state index in [1.54, 1.807) is 5.56 Å². The monoisotopic (exact) mass is 308 g/mol. The summed E-state index contributed by atoms with van der Waals surface area (Å²) in [5, 5.41) is 2.65. The van der Waals surface area contributed by atoms with Crippen molar-refractivity contribution in [1.82, 2.24) is 0 Å². The topological polar surface area (TPSA) is 0 Å². The number of benzene rings is 3. The Bertz CT molecular complexity index is 974. The van der Waals surface area contributed by atoms with E-state index < -0.39 is 0 Å². The Labute approximate surface area is 143 Å². The summed E-state index contributed by atoms with van der Waals surface area (Å²) in [6.45, 7) is 0. The van der Waals surface area contributed by atoms with Crippen molar-refractivity contribution in [2.24, 2.45) is 5.92 Å². The van der Waals surface area contributed by atoms with E-state index in [4.69, 9.17) is 0 Å². The highest BCUT2D eigenvalue weighted by Crippen LogP contribution is 2.41. The fourth-order valence-corrected chi connectivity index (χ4v) is 4.29. The molecule has 0 amide bonds. The molecule has 0 N–H and O–H groups in total. The molecule has 0 nitrogen and oxygen atoms in total. The average Bonchev–Trinajstić information content (AvgIpc) is 2.99. The zero-order chi connectivity index (χ0) is 15.9. The largest absolute Gasteiger partial charge is 0.0802 e. The predicted octanol–water partition coefficient (Wildman–Crippen LogP) is 5.81. The first kappa shape index (κ1) is 13.8. The predicted molar refractivity (Wildman–Crippen MR) is 101 cm³/mol. The molecule has 0 heteroatoms. The van der Waals surface area contributed by atoms with E-state index in [-0.39, 0.29) is 0 Å². The maximum atomic E-state index is 2.44. The van der Waals surface area contributed by atoms with Crippen LogP contribution in [0, 0.1) is 5.92 Å². The van der Waals surface area contributed by atoms with Crippen LogP contribution >= 0.6 is 0 Å². The van der Waals surface area contributed by atoms with E-state index >= 15 is 0 Å². The van der Waals surface area contributed by atoms with Gasteiger partial charge in [0.2, 0.25) is 0 Å². The number of hydrogen-bond acceptors (Lipinski definition) is 0. The molecule has 0 fully saturated rings. The maximum absolute atomic E-state index is 2.44. The van der Waals surface area contributed by atoms with Gasteiger partial charge in [0.15, 0.2) is 0 Å². The first-order valence-electron chi connectivity index (χ1n) is 8.81. The van der Waals surface area contributed by atoms with Crippen molar-refractivity contribution in [1.29, 1.82) is 0 Å². The quantitative estimate of drug-likeness (QED) is 0.560. The van der Waals surface area contributed by atoms with Crippen molar-refractivity contribution in [3.05, 3.63) is 107 Å². The van der Waals surface area contributed by atoms with Crippen LogP contribution in [0.4, 0.5) is 0 Å². The zero-order valence-corrected chi connectivity index (χ0v) is 13.7. The van der Waals surface area contributed by atoms with Crippen molar-refractivity contribution in [3.63, 3.8) is 0 Å². The average molecular weight is 308 g/mol. The van der Waals surface area contributed by atoms with Gasteiger partial charge in [-0.1, -0.05) is 85.0 Å². The minimum atomic E-state index is 0.597. The maximum Gasteiger partial charge on any atom is 0.00899 e. The molecule has 0 spiro atoms. The number of rotatable bonds is 2. The van der Waals surface area contributed by atoms with Gasteiger partial charge in [-0.05, 0) is 51.8 Å². The van der Waals surface area contributed by atoms with Gasteiger partial charge in [-0.2, -0.15) is 0 Å². The lowest BCUT2D eigenvalue weighted by atomic mass is 9.89. The summed E-state index contributed by atoms with van der Waals surface area (Å²) in [4.78, 5) is 0. The van der Waals surface area contributed by atoms with Crippen molar-refractivity contribution >= 4 is 10.8 Å². The zero-order valence-electron chi connectivity index (χ0n) is 13.7. The molecular weight excluding hydrogens is 288 g/mol. The number of hydrogen-bond donors (Lipinski definition) is 0.